The van der Waals surface area contributed by atoms with Gasteiger partial charge in [-0.2, -0.15) is 0 Å². The summed E-state index contributed by atoms with van der Waals surface area (Å²) in [6.45, 7) is 4.08. The Bertz CT molecular complexity index is 488. The Morgan fingerprint density at radius 2 is 2.20 bits per heavy atom. The Balaban J connectivity index is 1.90. The van der Waals surface area contributed by atoms with Crippen LogP contribution in [0.1, 0.15) is 33.1 Å². The molecule has 0 radical (unpaired) electrons. The first-order chi connectivity index (χ1) is 9.63. The van der Waals surface area contributed by atoms with Crippen molar-refractivity contribution in [2.45, 2.75) is 42.7 Å². The molecule has 8 heteroatoms. The van der Waals surface area contributed by atoms with Crippen LogP contribution >= 0.6 is 23.1 Å². The highest BCUT2D eigenvalue weighted by Gasteiger charge is 2.30. The second-order valence-corrected chi connectivity index (χ2v) is 6.83. The van der Waals surface area contributed by atoms with E-state index >= 15 is 0 Å². The maximum atomic E-state index is 11.7. The summed E-state index contributed by atoms with van der Waals surface area (Å²) in [5.74, 6) is -0.0909. The molecule has 110 valence electrons. The molecule has 0 unspecified atom stereocenters. The third-order valence-corrected chi connectivity index (χ3v) is 5.01. The van der Waals surface area contributed by atoms with E-state index in [-0.39, 0.29) is 23.0 Å². The molecule has 20 heavy (non-hydrogen) atoms. The van der Waals surface area contributed by atoms with Crippen LogP contribution in [0.4, 0.5) is 5.13 Å². The minimum atomic E-state index is -0.283. The summed E-state index contributed by atoms with van der Waals surface area (Å²) < 4.78 is 5.67. The van der Waals surface area contributed by atoms with Crippen LogP contribution < -0.4 is 5.32 Å². The van der Waals surface area contributed by atoms with Crippen molar-refractivity contribution in [3.8, 4) is 0 Å². The van der Waals surface area contributed by atoms with Gasteiger partial charge in [0.15, 0.2) is 4.34 Å². The summed E-state index contributed by atoms with van der Waals surface area (Å²) in [7, 11) is 0. The Kier molecular flexibility index (Phi) is 5.36. The maximum absolute atomic E-state index is 11.7. The average Bonchev–Trinajstić information content (AvgIpc) is 3.19. The van der Waals surface area contributed by atoms with E-state index in [0.717, 1.165) is 12.8 Å². The van der Waals surface area contributed by atoms with Crippen LogP contribution in [-0.4, -0.2) is 33.9 Å². The van der Waals surface area contributed by atoms with Crippen molar-refractivity contribution in [3.05, 3.63) is 0 Å². The number of hydrogen-bond donors (Lipinski definition) is 1. The van der Waals surface area contributed by atoms with Gasteiger partial charge in [0.2, 0.25) is 11.0 Å². The Labute approximate surface area is 125 Å². The molecule has 1 fully saturated rings. The molecule has 1 heterocycles. The van der Waals surface area contributed by atoms with Gasteiger partial charge in [-0.25, -0.2) is 0 Å². The largest absolute Gasteiger partial charge is 0.465 e. The van der Waals surface area contributed by atoms with Crippen LogP contribution in [0, 0.1) is 5.92 Å². The van der Waals surface area contributed by atoms with E-state index in [1.165, 1.54) is 23.1 Å². The molecule has 1 amide bonds. The molecule has 0 saturated heterocycles. The van der Waals surface area contributed by atoms with Gasteiger partial charge in [0.1, 0.15) is 5.25 Å². The number of nitrogens with one attached hydrogen (secondary N) is 1. The van der Waals surface area contributed by atoms with Crippen LogP contribution in [-0.2, 0) is 14.3 Å². The van der Waals surface area contributed by atoms with Gasteiger partial charge in [-0.05, 0) is 26.2 Å². The zero-order chi connectivity index (χ0) is 14.5. The fourth-order valence-corrected chi connectivity index (χ4v) is 3.44. The van der Waals surface area contributed by atoms with Crippen LogP contribution in [0.2, 0.25) is 0 Å². The zero-order valence-corrected chi connectivity index (χ0v) is 13.1. The number of ether oxygens (including phenoxy) is 1. The highest BCUT2D eigenvalue weighted by Crippen LogP contribution is 2.33. The third-order valence-electron chi connectivity index (χ3n) is 2.75. The molecule has 6 nitrogen and oxygen atoms in total. The number of aromatic nitrogens is 2. The summed E-state index contributed by atoms with van der Waals surface area (Å²) in [4.78, 5) is 23.3. The summed E-state index contributed by atoms with van der Waals surface area (Å²) >= 11 is 2.61. The average molecular weight is 315 g/mol. The number of amides is 1. The van der Waals surface area contributed by atoms with Gasteiger partial charge in [-0.3, -0.25) is 9.59 Å². The molecule has 1 N–H and O–H groups in total. The smallest absolute Gasteiger partial charge is 0.319 e. The van der Waals surface area contributed by atoms with Gasteiger partial charge >= 0.3 is 5.97 Å². The van der Waals surface area contributed by atoms with Crippen molar-refractivity contribution in [1.29, 1.82) is 0 Å². The van der Waals surface area contributed by atoms with Gasteiger partial charge in [0.25, 0.3) is 0 Å². The molecule has 1 aromatic rings. The minimum Gasteiger partial charge on any atom is -0.465 e. The van der Waals surface area contributed by atoms with Crippen LogP contribution in [0.5, 0.6) is 0 Å². The molecular weight excluding hydrogens is 298 g/mol. The van der Waals surface area contributed by atoms with Crippen molar-refractivity contribution in [1.82, 2.24) is 10.2 Å². The van der Waals surface area contributed by atoms with Crippen LogP contribution in [0.3, 0.4) is 0 Å². The molecule has 0 bridgehead atoms. The Morgan fingerprint density at radius 3 is 2.80 bits per heavy atom. The summed E-state index contributed by atoms with van der Waals surface area (Å²) in [6, 6.07) is 0. The Hall–Kier alpha value is -1.15. The number of esters is 1. The zero-order valence-electron chi connectivity index (χ0n) is 11.4. The molecule has 1 aromatic heterocycles. The second kappa shape index (κ2) is 7.03. The van der Waals surface area contributed by atoms with Gasteiger partial charge in [0.05, 0.1) is 6.61 Å². The highest BCUT2D eigenvalue weighted by atomic mass is 32.2. The topological polar surface area (TPSA) is 81.2 Å². The van der Waals surface area contributed by atoms with Gasteiger partial charge in [0, 0.05) is 5.92 Å². The lowest BCUT2D eigenvalue weighted by Crippen LogP contribution is -2.19. The lowest BCUT2D eigenvalue weighted by Gasteiger charge is -2.10. The highest BCUT2D eigenvalue weighted by molar-refractivity contribution is 8.02. The number of hydrogen-bond acceptors (Lipinski definition) is 7. The number of anilines is 1. The van der Waals surface area contributed by atoms with Crippen molar-refractivity contribution in [2.24, 2.45) is 5.92 Å². The number of thioether (sulfide) groups is 1. The second-order valence-electron chi connectivity index (χ2n) is 4.40. The predicted octanol–water partition coefficient (Wildman–Crippen LogP) is 2.32. The maximum Gasteiger partial charge on any atom is 0.319 e. The van der Waals surface area contributed by atoms with E-state index in [9.17, 15) is 9.59 Å². The monoisotopic (exact) mass is 315 g/mol. The van der Waals surface area contributed by atoms with Gasteiger partial charge in [-0.1, -0.05) is 30.0 Å². The van der Waals surface area contributed by atoms with Crippen molar-refractivity contribution in [3.63, 3.8) is 0 Å². The van der Waals surface area contributed by atoms with Gasteiger partial charge < -0.3 is 10.1 Å². The Morgan fingerprint density at radius 1 is 1.45 bits per heavy atom. The van der Waals surface area contributed by atoms with E-state index in [1.54, 1.807) is 6.92 Å². The minimum absolute atomic E-state index is 0.00938. The molecule has 0 aliphatic heterocycles. The number of carbonyl (C=O) groups excluding carboxylic acids is 2. The standard InChI is InChI=1S/C12H17N3O3S2/c1-3-8(10(17)18-4-2)19-12-15-14-11(20-12)13-9(16)7-5-6-7/h7-8H,3-6H2,1-2H3,(H,13,14,16)/t8-/m0/s1. The molecule has 1 aliphatic rings. The van der Waals surface area contributed by atoms with Gasteiger partial charge in [-0.15, -0.1) is 10.2 Å². The van der Waals surface area contributed by atoms with Crippen molar-refractivity contribution in [2.75, 3.05) is 11.9 Å². The number of carbonyl (C=O) groups is 2. The first kappa shape index (κ1) is 15.2. The lowest BCUT2D eigenvalue weighted by molar-refractivity contribution is -0.142. The number of rotatable bonds is 7. The first-order valence-electron chi connectivity index (χ1n) is 6.61. The number of nitrogens with zero attached hydrogens (tertiary/aromatic N) is 2. The van der Waals surface area contributed by atoms with Crippen molar-refractivity contribution < 1.29 is 14.3 Å². The van der Waals surface area contributed by atoms with Crippen LogP contribution in [0.25, 0.3) is 0 Å². The molecule has 0 aromatic carbocycles. The fourth-order valence-electron chi connectivity index (χ4n) is 1.52. The SMILES string of the molecule is CCOC(=O)[C@H](CC)Sc1nnc(NC(=O)C2CC2)s1. The third kappa shape index (κ3) is 4.17. The normalized spacial score (nSPS) is 15.7. The molecule has 1 aliphatic carbocycles. The molecular formula is C12H17N3O3S2. The first-order valence-corrected chi connectivity index (χ1v) is 8.31. The van der Waals surface area contributed by atoms with E-state index in [4.69, 9.17) is 4.74 Å². The van der Waals surface area contributed by atoms with E-state index < -0.39 is 0 Å². The molecule has 1 saturated carbocycles. The van der Waals surface area contributed by atoms with Crippen molar-refractivity contribution >= 4 is 40.1 Å². The summed E-state index contributed by atoms with van der Waals surface area (Å²) in [6.07, 6.45) is 2.56. The van der Waals surface area contributed by atoms with Crippen LogP contribution in [0.15, 0.2) is 4.34 Å². The molecule has 0 spiro atoms. The van der Waals surface area contributed by atoms with E-state index in [1.807, 2.05) is 6.92 Å². The fraction of sp³-hybridized carbons (Fsp3) is 0.667. The van der Waals surface area contributed by atoms with E-state index in [0.29, 0.717) is 22.5 Å². The lowest BCUT2D eigenvalue weighted by atomic mass is 10.3. The summed E-state index contributed by atoms with van der Waals surface area (Å²) in [5, 5.41) is 10.9. The molecule has 2 rings (SSSR count). The predicted molar refractivity (Wildman–Crippen MR) is 77.8 cm³/mol. The summed E-state index contributed by atoms with van der Waals surface area (Å²) in [5.41, 5.74) is 0. The molecule has 1 atom stereocenters. The quantitative estimate of drug-likeness (QED) is 0.472. The van der Waals surface area contributed by atoms with E-state index in [2.05, 4.69) is 15.5 Å².